The van der Waals surface area contributed by atoms with Crippen molar-refractivity contribution in [1.29, 1.82) is 0 Å². The molecule has 86 valence electrons. The predicted molar refractivity (Wildman–Crippen MR) is 56.8 cm³/mol. The molecule has 1 heterocycles. The van der Waals surface area contributed by atoms with E-state index < -0.39 is 12.2 Å². The first-order valence-electron chi connectivity index (χ1n) is 4.86. The van der Waals surface area contributed by atoms with Gasteiger partial charge in [-0.25, -0.2) is 4.79 Å². The van der Waals surface area contributed by atoms with Crippen LogP contribution >= 0.6 is 0 Å². The Morgan fingerprint density at radius 1 is 1.31 bits per heavy atom. The van der Waals surface area contributed by atoms with Crippen molar-refractivity contribution in [2.24, 2.45) is 0 Å². The number of hydrogen-bond acceptors (Lipinski definition) is 5. The van der Waals surface area contributed by atoms with Gasteiger partial charge >= 0.3 is 5.97 Å². The number of carbonyl (C=O) groups is 1. The fourth-order valence-electron chi connectivity index (χ4n) is 1.82. The molecule has 1 unspecified atom stereocenters. The van der Waals surface area contributed by atoms with Gasteiger partial charge in [0.15, 0.2) is 17.7 Å². The van der Waals surface area contributed by atoms with Crippen molar-refractivity contribution in [3.05, 3.63) is 23.3 Å². The second kappa shape index (κ2) is 4.02. The van der Waals surface area contributed by atoms with Gasteiger partial charge < -0.3 is 14.2 Å². The molecule has 1 aromatic rings. The first-order chi connectivity index (χ1) is 7.72. The monoisotopic (exact) mass is 223 g/mol. The third-order valence-electron chi connectivity index (χ3n) is 2.55. The summed E-state index contributed by atoms with van der Waals surface area (Å²) >= 11 is 0. The topological polar surface area (TPSA) is 56.8 Å². The molecule has 0 saturated carbocycles. The van der Waals surface area contributed by atoms with Crippen LogP contribution in [0.4, 0.5) is 0 Å². The van der Waals surface area contributed by atoms with E-state index in [1.807, 2.05) is 0 Å². The highest BCUT2D eigenvalue weighted by Crippen LogP contribution is 2.40. The van der Waals surface area contributed by atoms with Crippen molar-refractivity contribution >= 4 is 5.97 Å². The lowest BCUT2D eigenvalue weighted by Gasteiger charge is -2.11. The Balaban J connectivity index is 2.60. The molecule has 0 aromatic heterocycles. The van der Waals surface area contributed by atoms with E-state index in [9.17, 15) is 4.79 Å². The van der Waals surface area contributed by atoms with Crippen LogP contribution in [0.1, 0.15) is 22.1 Å². The van der Waals surface area contributed by atoms with Crippen LogP contribution in [0.15, 0.2) is 12.1 Å². The van der Waals surface area contributed by atoms with Gasteiger partial charge in [-0.15, -0.1) is 0 Å². The average molecular weight is 223 g/mol. The van der Waals surface area contributed by atoms with E-state index >= 15 is 0 Å². The highest BCUT2D eigenvalue weighted by Gasteiger charge is 2.34. The van der Waals surface area contributed by atoms with Crippen LogP contribution in [-0.4, -0.2) is 27.2 Å². The maximum Gasteiger partial charge on any atom is 0.344 e. The van der Waals surface area contributed by atoms with Crippen LogP contribution in [0, 0.1) is 0 Å². The van der Waals surface area contributed by atoms with Gasteiger partial charge in [0, 0.05) is 5.56 Å². The second-order valence-electron chi connectivity index (χ2n) is 3.34. The van der Waals surface area contributed by atoms with Crippen molar-refractivity contribution in [3.63, 3.8) is 0 Å². The number of nitrogens with one attached hydrogen (secondary N) is 1. The molecular formula is C11H13NO4. The molecule has 1 aliphatic heterocycles. The lowest BCUT2D eigenvalue weighted by atomic mass is 10.1. The molecule has 5 heteroatoms. The molecule has 0 saturated heterocycles. The van der Waals surface area contributed by atoms with Crippen molar-refractivity contribution in [2.45, 2.75) is 6.23 Å². The lowest BCUT2D eigenvalue weighted by molar-refractivity contribution is 0.0326. The Morgan fingerprint density at radius 3 is 2.62 bits per heavy atom. The highest BCUT2D eigenvalue weighted by atomic mass is 16.6. The van der Waals surface area contributed by atoms with Gasteiger partial charge in [-0.2, -0.15) is 0 Å². The van der Waals surface area contributed by atoms with E-state index in [4.69, 9.17) is 14.2 Å². The summed E-state index contributed by atoms with van der Waals surface area (Å²) in [5.41, 5.74) is 1.20. The molecule has 5 nitrogen and oxygen atoms in total. The first-order valence-corrected chi connectivity index (χ1v) is 4.86. The Hall–Kier alpha value is -1.75. The second-order valence-corrected chi connectivity index (χ2v) is 3.34. The van der Waals surface area contributed by atoms with Crippen LogP contribution in [0.2, 0.25) is 0 Å². The average Bonchev–Trinajstić information content (AvgIpc) is 2.65. The van der Waals surface area contributed by atoms with E-state index in [1.54, 1.807) is 19.2 Å². The smallest absolute Gasteiger partial charge is 0.344 e. The number of benzene rings is 1. The molecule has 0 bridgehead atoms. The van der Waals surface area contributed by atoms with Crippen LogP contribution < -0.4 is 14.8 Å². The third kappa shape index (κ3) is 1.40. The fraction of sp³-hybridized carbons (Fsp3) is 0.364. The Kier molecular flexibility index (Phi) is 2.70. The van der Waals surface area contributed by atoms with Crippen molar-refractivity contribution in [3.8, 4) is 11.5 Å². The fourth-order valence-corrected chi connectivity index (χ4v) is 1.82. The van der Waals surface area contributed by atoms with Gasteiger partial charge in [0.1, 0.15) is 5.56 Å². The van der Waals surface area contributed by atoms with Gasteiger partial charge in [-0.05, 0) is 19.2 Å². The zero-order valence-corrected chi connectivity index (χ0v) is 9.37. The number of methoxy groups -OCH3 is 2. The normalized spacial score (nSPS) is 17.9. The summed E-state index contributed by atoms with van der Waals surface area (Å²) < 4.78 is 15.5. The summed E-state index contributed by atoms with van der Waals surface area (Å²) in [5, 5.41) is 2.90. The van der Waals surface area contributed by atoms with Gasteiger partial charge in [0.05, 0.1) is 14.2 Å². The molecule has 1 aromatic carbocycles. The van der Waals surface area contributed by atoms with Gasteiger partial charge in [0.25, 0.3) is 0 Å². The Labute approximate surface area is 93.3 Å². The van der Waals surface area contributed by atoms with E-state index in [-0.39, 0.29) is 0 Å². The van der Waals surface area contributed by atoms with Crippen LogP contribution in [-0.2, 0) is 4.74 Å². The molecule has 1 N–H and O–H groups in total. The number of carbonyl (C=O) groups excluding carboxylic acids is 1. The van der Waals surface area contributed by atoms with Gasteiger partial charge in [-0.1, -0.05) is 0 Å². The van der Waals surface area contributed by atoms with Crippen LogP contribution in [0.3, 0.4) is 0 Å². The molecule has 1 atom stereocenters. The molecule has 0 radical (unpaired) electrons. The van der Waals surface area contributed by atoms with Crippen molar-refractivity contribution < 1.29 is 19.0 Å². The van der Waals surface area contributed by atoms with Crippen molar-refractivity contribution in [2.75, 3.05) is 21.3 Å². The molecule has 1 aliphatic rings. The number of hydrogen-bond donors (Lipinski definition) is 1. The number of ether oxygens (including phenoxy) is 3. The largest absolute Gasteiger partial charge is 0.493 e. The zero-order valence-electron chi connectivity index (χ0n) is 9.37. The SMILES string of the molecule is CNC1OC(=O)c2c1ccc(OC)c2OC. The van der Waals surface area contributed by atoms with E-state index in [1.165, 1.54) is 14.2 Å². The maximum absolute atomic E-state index is 11.7. The van der Waals surface area contributed by atoms with E-state index in [0.717, 1.165) is 5.56 Å². The number of rotatable bonds is 3. The summed E-state index contributed by atoms with van der Waals surface area (Å²) in [6, 6.07) is 3.55. The summed E-state index contributed by atoms with van der Waals surface area (Å²) in [6.45, 7) is 0. The number of fused-ring (bicyclic) bond motifs is 1. The molecule has 16 heavy (non-hydrogen) atoms. The summed E-state index contributed by atoms with van der Waals surface area (Å²) in [5.74, 6) is 0.544. The quantitative estimate of drug-likeness (QED) is 0.777. The van der Waals surface area contributed by atoms with Crippen molar-refractivity contribution in [1.82, 2.24) is 5.32 Å². The van der Waals surface area contributed by atoms with E-state index in [2.05, 4.69) is 5.32 Å². The standard InChI is InChI=1S/C11H13NO4/c1-12-10-6-4-5-7(14-2)9(15-3)8(6)11(13)16-10/h4-5,10,12H,1-3H3. The Morgan fingerprint density at radius 2 is 2.06 bits per heavy atom. The first kappa shape index (κ1) is 10.8. The predicted octanol–water partition coefficient (Wildman–Crippen LogP) is 1.09. The zero-order chi connectivity index (χ0) is 11.7. The van der Waals surface area contributed by atoms with Crippen LogP contribution in [0.25, 0.3) is 0 Å². The Bertz CT molecular complexity index is 430. The lowest BCUT2D eigenvalue weighted by Crippen LogP contribution is -2.15. The molecule has 0 fully saturated rings. The molecule has 0 aliphatic carbocycles. The van der Waals surface area contributed by atoms with Gasteiger partial charge in [0.2, 0.25) is 0 Å². The number of cyclic esters (lactones) is 1. The summed E-state index contributed by atoms with van der Waals surface area (Å²) in [6.07, 6.45) is -0.415. The maximum atomic E-state index is 11.7. The highest BCUT2D eigenvalue weighted by molar-refractivity contribution is 5.98. The summed E-state index contributed by atoms with van der Waals surface area (Å²) in [7, 11) is 4.75. The molecule has 0 spiro atoms. The van der Waals surface area contributed by atoms with Gasteiger partial charge in [-0.3, -0.25) is 5.32 Å². The summed E-state index contributed by atoms with van der Waals surface area (Å²) in [4.78, 5) is 11.7. The minimum absolute atomic E-state index is 0.398. The third-order valence-corrected chi connectivity index (χ3v) is 2.55. The number of esters is 1. The molecule has 2 rings (SSSR count). The minimum atomic E-state index is -0.415. The molecule has 0 amide bonds. The minimum Gasteiger partial charge on any atom is -0.493 e. The van der Waals surface area contributed by atoms with Crippen LogP contribution in [0.5, 0.6) is 11.5 Å². The van der Waals surface area contributed by atoms with E-state index in [0.29, 0.717) is 17.1 Å². The molecular weight excluding hydrogens is 210 g/mol.